The molecule has 0 spiro atoms. The number of piperazine rings is 1. The van der Waals surface area contributed by atoms with E-state index < -0.39 is 36.5 Å². The molecule has 6 aromatic carbocycles. The second-order valence-electron chi connectivity index (χ2n) is 27.0. The molecule has 578 valence electrons. The third-order valence-corrected chi connectivity index (χ3v) is 25.7. The largest absolute Gasteiger partial charge is 0.495 e. The highest BCUT2D eigenvalue weighted by Gasteiger charge is 2.29. The van der Waals surface area contributed by atoms with Gasteiger partial charge in [-0.25, -0.2) is 23.4 Å². The highest BCUT2D eigenvalue weighted by molar-refractivity contribution is 7.92. The fraction of sp³-hybridized carbons (Fsp3) is 0.347. The Hall–Kier alpha value is -8.96. The molecule has 3 saturated heterocycles. The summed E-state index contributed by atoms with van der Waals surface area (Å²) in [6.07, 6.45) is 6.77. The van der Waals surface area contributed by atoms with Crippen molar-refractivity contribution in [3.05, 3.63) is 154 Å². The number of nitrogens with one attached hydrogen (secondary N) is 7. The minimum atomic E-state index is -3.71. The number of benzene rings is 6. The molecule has 0 bridgehead atoms. The first-order valence-electron chi connectivity index (χ1n) is 34.9. The van der Waals surface area contributed by atoms with E-state index in [4.69, 9.17) is 58.5 Å². The summed E-state index contributed by atoms with van der Waals surface area (Å²) in [6.45, 7) is 23.0. The molecular weight excluding hydrogens is 1530 g/mol. The Labute approximate surface area is 652 Å². The van der Waals surface area contributed by atoms with Gasteiger partial charge in [0.05, 0.1) is 116 Å². The van der Waals surface area contributed by atoms with Crippen molar-refractivity contribution in [1.29, 1.82) is 5.26 Å². The van der Waals surface area contributed by atoms with Crippen LogP contribution in [0.5, 0.6) is 23.0 Å². The number of para-hydroxylation sites is 1. The number of halogens is 3. The molecule has 3 fully saturated rings. The maximum atomic E-state index is 12.9. The molecule has 109 heavy (non-hydrogen) atoms. The van der Waals surface area contributed by atoms with E-state index >= 15 is 0 Å². The molecule has 3 aliphatic rings. The van der Waals surface area contributed by atoms with Crippen LogP contribution < -0.4 is 81.9 Å². The molecule has 0 amide bonds. The van der Waals surface area contributed by atoms with Crippen molar-refractivity contribution in [2.24, 2.45) is 0 Å². The first kappa shape index (κ1) is 82.5. The Bertz CT molecular complexity index is 5030. The van der Waals surface area contributed by atoms with E-state index in [1.807, 2.05) is 60.7 Å². The Morgan fingerprint density at radius 2 is 0.917 bits per heavy atom. The number of nitriles is 1. The SMILES string of the molecule is COc1cc(N2CCC(N3CCNCC3)CC2)ccc1Nc1ncc(Cl)c(Nc2ccccc2P(C)(C)=O)n1.COc1cc(P(C)(C)=O)ccc1Nc1ncc(Cl)c(Nc2ccc(C#N)cc2S(=O)(=O)C(C)C)n1.COc1cc(P(C)(C)=O)ccc1Nc1ncc(Cl)c(Nc2ccc(N3CCOCC3)cc2OC)n1. The highest BCUT2D eigenvalue weighted by Crippen LogP contribution is 2.43. The van der Waals surface area contributed by atoms with Crippen molar-refractivity contribution in [3.8, 4) is 29.1 Å². The van der Waals surface area contributed by atoms with E-state index in [1.165, 1.54) is 50.5 Å². The first-order chi connectivity index (χ1) is 52.0. The number of hydrogen-bond acceptors (Lipinski definition) is 27. The topological polar surface area (TPSA) is 327 Å². The van der Waals surface area contributed by atoms with E-state index in [2.05, 4.69) is 94.0 Å². The predicted octanol–water partition coefficient (Wildman–Crippen LogP) is 14.4. The Morgan fingerprint density at radius 1 is 0.514 bits per heavy atom. The smallest absolute Gasteiger partial charge is 0.229 e. The fourth-order valence-electron chi connectivity index (χ4n) is 12.1. The van der Waals surface area contributed by atoms with Crippen molar-refractivity contribution < 1.29 is 45.8 Å². The summed E-state index contributed by atoms with van der Waals surface area (Å²) >= 11 is 19.1. The average Bonchev–Trinajstić information content (AvgIpc) is 0.794. The quantitative estimate of drug-likeness (QED) is 0.0276. The van der Waals surface area contributed by atoms with Crippen molar-refractivity contribution in [2.45, 2.75) is 42.9 Å². The van der Waals surface area contributed by atoms with E-state index in [9.17, 15) is 27.4 Å². The molecule has 0 saturated carbocycles. The van der Waals surface area contributed by atoms with Crippen LogP contribution in [0.3, 0.4) is 0 Å². The molecular formula is C75H91Cl3N17O10P3S. The normalized spacial score (nSPS) is 14.4. The van der Waals surface area contributed by atoms with Crippen molar-refractivity contribution in [2.75, 3.05) is 176 Å². The van der Waals surface area contributed by atoms with Gasteiger partial charge in [0.15, 0.2) is 27.3 Å². The Morgan fingerprint density at radius 3 is 1.35 bits per heavy atom. The monoisotopic (exact) mass is 1620 g/mol. The van der Waals surface area contributed by atoms with Crippen molar-refractivity contribution in [3.63, 3.8) is 0 Å². The summed E-state index contributed by atoms with van der Waals surface area (Å²) in [5.41, 5.74) is 6.03. The standard InChI is InChI=1S/C28H37ClN7O2P.C24H29ClN5O4P.C23H25ClN5O4PS/c1-38-25-18-21(35-14-10-20(11-15-35)36-16-12-30-13-17-36)8-9-23(25)33-28-31-19-22(29)27(34-28)32-24-6-4-5-7-26(24)39(2,3)37;1-32-21-13-16(30-9-11-34-12-10-30)5-7-19(21)27-23-18(25)15-26-24(29-23)28-20-8-6-17(35(3,4)31)14-22(20)33-2;1-14(2)35(31,32)21-10-15(12-25)6-8-19(21)27-22-17(24)13-26-23(29-22)28-18-9-7-16(34(4,5)30)11-20(18)33-3/h4-9,18-20,30H,10-17H2,1-3H3,(H2,31,32,33,34);5-8,13-15H,9-12H2,1-4H3,(H2,26,27,28,29);6-11,13-14H,1-5H3,(H2,26,27,28,29). The van der Waals surface area contributed by atoms with Gasteiger partial charge in [-0.15, -0.1) is 0 Å². The molecule has 0 radical (unpaired) electrons. The van der Waals surface area contributed by atoms with Crippen molar-refractivity contribution in [1.82, 2.24) is 40.1 Å². The number of piperidine rings is 1. The lowest BCUT2D eigenvalue weighted by atomic mass is 10.0. The molecule has 6 heterocycles. The van der Waals surface area contributed by atoms with Gasteiger partial charge in [0, 0.05) is 97.8 Å². The molecule has 0 aliphatic carbocycles. The van der Waals surface area contributed by atoms with Crippen LogP contribution in [0.4, 0.5) is 80.8 Å². The zero-order chi connectivity index (χ0) is 78.4. The lowest BCUT2D eigenvalue weighted by Crippen LogP contribution is -2.52. The van der Waals surface area contributed by atoms with Crippen LogP contribution >= 0.6 is 56.2 Å². The fourth-order valence-corrected chi connectivity index (χ4v) is 16.6. The molecule has 3 aromatic heterocycles. The molecule has 7 N–H and O–H groups in total. The van der Waals surface area contributed by atoms with Gasteiger partial charge in [0.2, 0.25) is 17.8 Å². The number of ether oxygens (including phenoxy) is 5. The van der Waals surface area contributed by atoms with Gasteiger partial charge in [-0.2, -0.15) is 20.2 Å². The lowest BCUT2D eigenvalue weighted by molar-refractivity contribution is 0.122. The Kier molecular flexibility index (Phi) is 27.8. The molecule has 0 atom stereocenters. The average molecular weight is 1620 g/mol. The number of sulfone groups is 1. The molecule has 27 nitrogen and oxygen atoms in total. The van der Waals surface area contributed by atoms with Crippen LogP contribution in [0.1, 0.15) is 32.3 Å². The number of hydrogen-bond donors (Lipinski definition) is 7. The second-order valence-corrected chi connectivity index (χ2v) is 40.4. The van der Waals surface area contributed by atoms with E-state index in [1.54, 1.807) is 112 Å². The van der Waals surface area contributed by atoms with Crippen LogP contribution in [0, 0.1) is 11.3 Å². The van der Waals surface area contributed by atoms with Crippen LogP contribution in [0.2, 0.25) is 15.1 Å². The van der Waals surface area contributed by atoms with Crippen LogP contribution in [0.15, 0.2) is 139 Å². The highest BCUT2D eigenvalue weighted by atomic mass is 35.5. The summed E-state index contributed by atoms with van der Waals surface area (Å²) in [5, 5.41) is 33.9. The van der Waals surface area contributed by atoms with Gasteiger partial charge in [-0.3, -0.25) is 4.90 Å². The summed E-state index contributed by atoms with van der Waals surface area (Å²) in [5.74, 6) is 4.25. The molecule has 34 heteroatoms. The third-order valence-electron chi connectivity index (χ3n) is 18.1. The van der Waals surface area contributed by atoms with Gasteiger partial charge in [-0.1, -0.05) is 46.9 Å². The first-order valence-corrected chi connectivity index (χ1v) is 45.4. The van der Waals surface area contributed by atoms with Gasteiger partial charge in [0.1, 0.15) is 59.5 Å². The van der Waals surface area contributed by atoms with Crippen LogP contribution in [-0.4, -0.2) is 189 Å². The predicted molar refractivity (Wildman–Crippen MR) is 443 cm³/mol. The molecule has 0 unspecified atom stereocenters. The number of morpholine rings is 1. The summed E-state index contributed by atoms with van der Waals surface area (Å²) in [7, 11) is -4.77. The van der Waals surface area contributed by atoms with Gasteiger partial charge < -0.3 is 84.4 Å². The van der Waals surface area contributed by atoms with Crippen molar-refractivity contribution >= 4 is 163 Å². The van der Waals surface area contributed by atoms with E-state index in [0.717, 1.165) is 85.7 Å². The summed E-state index contributed by atoms with van der Waals surface area (Å²) in [4.78, 5) is 33.6. The minimum Gasteiger partial charge on any atom is -0.495 e. The molecule has 12 rings (SSSR count). The van der Waals surface area contributed by atoms with Gasteiger partial charge in [0.25, 0.3) is 0 Å². The zero-order valence-electron chi connectivity index (χ0n) is 62.8. The summed E-state index contributed by atoms with van der Waals surface area (Å²) in [6, 6.07) is 37.1. The maximum Gasteiger partial charge on any atom is 0.229 e. The second kappa shape index (κ2) is 36.7. The minimum absolute atomic E-state index is 0.0310. The number of aromatic nitrogens is 6. The third kappa shape index (κ3) is 21.5. The van der Waals surface area contributed by atoms with E-state index in [0.29, 0.717) is 98.2 Å². The van der Waals surface area contributed by atoms with Gasteiger partial charge in [-0.05, 0) is 158 Å². The van der Waals surface area contributed by atoms with Gasteiger partial charge >= 0.3 is 0 Å². The number of nitrogens with zero attached hydrogens (tertiary/aromatic N) is 10. The van der Waals surface area contributed by atoms with Crippen LogP contribution in [-0.2, 0) is 28.3 Å². The maximum absolute atomic E-state index is 12.9. The number of methoxy groups -OCH3 is 4. The summed E-state index contributed by atoms with van der Waals surface area (Å²) < 4.78 is 91.2. The zero-order valence-corrected chi connectivity index (χ0v) is 68.5. The Balaban J connectivity index is 0.000000175. The number of rotatable bonds is 24. The molecule has 9 aromatic rings. The van der Waals surface area contributed by atoms with E-state index in [-0.39, 0.29) is 32.9 Å². The molecule has 3 aliphatic heterocycles. The van der Waals surface area contributed by atoms with Crippen LogP contribution in [0.25, 0.3) is 0 Å². The number of anilines is 14. The lowest BCUT2D eigenvalue weighted by Gasteiger charge is -2.41.